The molecule has 1 heterocycles. The van der Waals surface area contributed by atoms with E-state index in [0.717, 1.165) is 19.5 Å². The van der Waals surface area contributed by atoms with Crippen LogP contribution in [0.4, 0.5) is 5.82 Å². The number of hydrogen-bond donors (Lipinski definition) is 1. The first kappa shape index (κ1) is 11.8. The predicted octanol–water partition coefficient (Wildman–Crippen LogP) is 1.64. The third-order valence-electron chi connectivity index (χ3n) is 2.60. The molecule has 0 saturated heterocycles. The summed E-state index contributed by atoms with van der Waals surface area (Å²) in [4.78, 5) is 20.3. The molecule has 15 heavy (non-hydrogen) atoms. The molecule has 4 heteroatoms. The van der Waals surface area contributed by atoms with Crippen molar-refractivity contribution in [3.63, 3.8) is 0 Å². The topological polar surface area (TPSA) is 49.0 Å². The Hall–Kier alpha value is -1.32. The van der Waals surface area contributed by atoms with Gasteiger partial charge in [0.25, 0.3) is 5.56 Å². The second kappa shape index (κ2) is 5.53. The highest BCUT2D eigenvalue weighted by Crippen LogP contribution is 2.08. The van der Waals surface area contributed by atoms with Gasteiger partial charge in [-0.05, 0) is 12.8 Å². The van der Waals surface area contributed by atoms with Gasteiger partial charge in [-0.2, -0.15) is 0 Å². The third-order valence-corrected chi connectivity index (χ3v) is 2.60. The number of hydrogen-bond acceptors (Lipinski definition) is 3. The molecule has 0 aliphatic carbocycles. The highest BCUT2D eigenvalue weighted by Gasteiger charge is 2.12. The molecule has 1 atom stereocenters. The average Bonchev–Trinajstić information content (AvgIpc) is 2.26. The normalized spacial score (nSPS) is 12.5. The molecule has 1 N–H and O–H groups in total. The molecule has 0 aliphatic heterocycles. The lowest BCUT2D eigenvalue weighted by atomic mass is 10.1. The maximum atomic E-state index is 11.5. The maximum absolute atomic E-state index is 11.5. The standard InChI is InChI=1S/C11H19N3O/c1-4-9(3)8-14(5-2)10-11(15)13-7-6-12-10/h6-7,9H,4-5,8H2,1-3H3,(H,13,15). The Labute approximate surface area is 90.3 Å². The van der Waals surface area contributed by atoms with E-state index in [-0.39, 0.29) is 5.56 Å². The Morgan fingerprint density at radius 1 is 1.53 bits per heavy atom. The van der Waals surface area contributed by atoms with Gasteiger partial charge in [-0.1, -0.05) is 20.3 Å². The molecule has 4 nitrogen and oxygen atoms in total. The van der Waals surface area contributed by atoms with Crippen molar-refractivity contribution < 1.29 is 0 Å². The second-order valence-electron chi connectivity index (χ2n) is 3.79. The van der Waals surface area contributed by atoms with Crippen molar-refractivity contribution in [1.82, 2.24) is 9.97 Å². The van der Waals surface area contributed by atoms with Crippen LogP contribution >= 0.6 is 0 Å². The molecule has 0 radical (unpaired) electrons. The fourth-order valence-corrected chi connectivity index (χ4v) is 1.44. The van der Waals surface area contributed by atoms with E-state index in [1.807, 2.05) is 11.8 Å². The lowest BCUT2D eigenvalue weighted by molar-refractivity contribution is 0.544. The van der Waals surface area contributed by atoms with Crippen LogP contribution in [0, 0.1) is 5.92 Å². The summed E-state index contributed by atoms with van der Waals surface area (Å²) < 4.78 is 0. The minimum absolute atomic E-state index is 0.109. The molecule has 0 bridgehead atoms. The molecule has 1 unspecified atom stereocenters. The molecule has 0 aromatic carbocycles. The Balaban J connectivity index is 2.83. The SMILES string of the molecule is CCC(C)CN(CC)c1ncc[nH]c1=O. The van der Waals surface area contributed by atoms with Crippen LogP contribution in [0.25, 0.3) is 0 Å². The van der Waals surface area contributed by atoms with Crippen molar-refractivity contribution in [1.29, 1.82) is 0 Å². The zero-order valence-electron chi connectivity index (χ0n) is 9.66. The van der Waals surface area contributed by atoms with E-state index >= 15 is 0 Å². The quantitative estimate of drug-likeness (QED) is 0.802. The molecule has 1 aromatic rings. The first-order valence-corrected chi connectivity index (χ1v) is 5.47. The van der Waals surface area contributed by atoms with E-state index in [9.17, 15) is 4.79 Å². The number of anilines is 1. The fraction of sp³-hybridized carbons (Fsp3) is 0.636. The summed E-state index contributed by atoms with van der Waals surface area (Å²) in [5.41, 5.74) is -0.109. The molecular formula is C11H19N3O. The smallest absolute Gasteiger partial charge is 0.290 e. The minimum Gasteiger partial charge on any atom is -0.352 e. The number of aromatic nitrogens is 2. The molecule has 0 fully saturated rings. The fourth-order valence-electron chi connectivity index (χ4n) is 1.44. The molecule has 84 valence electrons. The molecule has 0 aliphatic rings. The van der Waals surface area contributed by atoms with Crippen LogP contribution in [0.2, 0.25) is 0 Å². The lowest BCUT2D eigenvalue weighted by Gasteiger charge is -2.23. The van der Waals surface area contributed by atoms with Crippen LogP contribution in [-0.2, 0) is 0 Å². The number of H-pyrrole nitrogens is 1. The number of nitrogens with one attached hydrogen (secondary N) is 1. The molecule has 0 spiro atoms. The molecule has 1 rings (SSSR count). The predicted molar refractivity (Wildman–Crippen MR) is 62.2 cm³/mol. The second-order valence-corrected chi connectivity index (χ2v) is 3.79. The first-order valence-electron chi connectivity index (χ1n) is 5.47. The van der Waals surface area contributed by atoms with Gasteiger partial charge < -0.3 is 9.88 Å². The summed E-state index contributed by atoms with van der Waals surface area (Å²) in [6.45, 7) is 8.06. The van der Waals surface area contributed by atoms with Gasteiger partial charge in [0.1, 0.15) is 0 Å². The monoisotopic (exact) mass is 209 g/mol. The Morgan fingerprint density at radius 3 is 2.80 bits per heavy atom. The van der Waals surface area contributed by atoms with E-state index in [1.165, 1.54) is 0 Å². The van der Waals surface area contributed by atoms with Gasteiger partial charge in [0.15, 0.2) is 5.82 Å². The summed E-state index contributed by atoms with van der Waals surface area (Å²) in [5, 5.41) is 0. The van der Waals surface area contributed by atoms with E-state index in [2.05, 4.69) is 23.8 Å². The molecular weight excluding hydrogens is 190 g/mol. The van der Waals surface area contributed by atoms with Gasteiger partial charge in [-0.3, -0.25) is 4.79 Å². The zero-order valence-corrected chi connectivity index (χ0v) is 9.66. The lowest BCUT2D eigenvalue weighted by Crippen LogP contribution is -2.33. The van der Waals surface area contributed by atoms with Gasteiger partial charge in [0.05, 0.1) is 0 Å². The van der Waals surface area contributed by atoms with Crippen LogP contribution in [0.15, 0.2) is 17.2 Å². The van der Waals surface area contributed by atoms with E-state index in [4.69, 9.17) is 0 Å². The summed E-state index contributed by atoms with van der Waals surface area (Å²) in [6, 6.07) is 0. The van der Waals surface area contributed by atoms with E-state index in [0.29, 0.717) is 11.7 Å². The summed E-state index contributed by atoms with van der Waals surface area (Å²) >= 11 is 0. The summed E-state index contributed by atoms with van der Waals surface area (Å²) in [5.74, 6) is 1.10. The van der Waals surface area contributed by atoms with Crippen LogP contribution in [-0.4, -0.2) is 23.1 Å². The van der Waals surface area contributed by atoms with Crippen molar-refractivity contribution in [2.45, 2.75) is 27.2 Å². The number of rotatable bonds is 5. The third kappa shape index (κ3) is 3.08. The number of nitrogens with zero attached hydrogens (tertiary/aromatic N) is 2. The Morgan fingerprint density at radius 2 is 2.27 bits per heavy atom. The van der Waals surface area contributed by atoms with Crippen LogP contribution in [0.1, 0.15) is 27.2 Å². The minimum atomic E-state index is -0.109. The van der Waals surface area contributed by atoms with Crippen molar-refractivity contribution >= 4 is 5.82 Å². The van der Waals surface area contributed by atoms with Crippen LogP contribution in [0.5, 0.6) is 0 Å². The van der Waals surface area contributed by atoms with Crippen molar-refractivity contribution in [3.05, 3.63) is 22.7 Å². The summed E-state index contributed by atoms with van der Waals surface area (Å²) in [6.07, 6.45) is 4.29. The van der Waals surface area contributed by atoms with Gasteiger partial charge in [-0.15, -0.1) is 0 Å². The highest BCUT2D eigenvalue weighted by molar-refractivity contribution is 5.34. The van der Waals surface area contributed by atoms with Crippen molar-refractivity contribution in [3.8, 4) is 0 Å². The highest BCUT2D eigenvalue weighted by atomic mass is 16.1. The Kier molecular flexibility index (Phi) is 4.34. The summed E-state index contributed by atoms with van der Waals surface area (Å²) in [7, 11) is 0. The van der Waals surface area contributed by atoms with Crippen LogP contribution in [0.3, 0.4) is 0 Å². The molecule has 1 aromatic heterocycles. The first-order chi connectivity index (χ1) is 7.19. The van der Waals surface area contributed by atoms with E-state index in [1.54, 1.807) is 12.4 Å². The molecule has 0 amide bonds. The van der Waals surface area contributed by atoms with Crippen LogP contribution < -0.4 is 10.5 Å². The zero-order chi connectivity index (χ0) is 11.3. The number of aromatic amines is 1. The van der Waals surface area contributed by atoms with Gasteiger partial charge >= 0.3 is 0 Å². The van der Waals surface area contributed by atoms with Gasteiger partial charge in [0.2, 0.25) is 0 Å². The average molecular weight is 209 g/mol. The van der Waals surface area contributed by atoms with E-state index < -0.39 is 0 Å². The molecule has 0 saturated carbocycles. The Bertz CT molecular complexity index is 348. The van der Waals surface area contributed by atoms with Gasteiger partial charge in [0, 0.05) is 25.5 Å². The van der Waals surface area contributed by atoms with Crippen molar-refractivity contribution in [2.75, 3.05) is 18.0 Å². The van der Waals surface area contributed by atoms with Crippen molar-refractivity contribution in [2.24, 2.45) is 5.92 Å². The maximum Gasteiger partial charge on any atom is 0.290 e. The van der Waals surface area contributed by atoms with Gasteiger partial charge in [-0.25, -0.2) is 4.98 Å². The largest absolute Gasteiger partial charge is 0.352 e.